The zero-order valence-electron chi connectivity index (χ0n) is 11.6. The van der Waals surface area contributed by atoms with Crippen molar-refractivity contribution in [2.75, 3.05) is 7.11 Å². The van der Waals surface area contributed by atoms with E-state index in [1.807, 2.05) is 0 Å². The number of ether oxygens (including phenoxy) is 1. The van der Waals surface area contributed by atoms with Gasteiger partial charge in [-0.25, -0.2) is 9.37 Å². The van der Waals surface area contributed by atoms with Crippen LogP contribution in [0.15, 0.2) is 47.3 Å². The van der Waals surface area contributed by atoms with Crippen LogP contribution in [0.5, 0.6) is 5.75 Å². The van der Waals surface area contributed by atoms with E-state index in [-0.39, 0.29) is 11.4 Å². The Balaban J connectivity index is 2.30. The second-order valence-corrected chi connectivity index (χ2v) is 4.69. The molecule has 0 atom stereocenters. The van der Waals surface area contributed by atoms with E-state index in [0.717, 1.165) is 0 Å². The first-order chi connectivity index (χ1) is 10.1. The molecule has 0 saturated carbocycles. The lowest BCUT2D eigenvalue weighted by Crippen LogP contribution is -2.20. The third-order valence-electron chi connectivity index (χ3n) is 3.39. The topological polar surface area (TPSA) is 44.1 Å². The van der Waals surface area contributed by atoms with Gasteiger partial charge >= 0.3 is 0 Å². The van der Waals surface area contributed by atoms with Crippen molar-refractivity contribution in [3.05, 3.63) is 58.6 Å². The van der Waals surface area contributed by atoms with Crippen LogP contribution in [-0.2, 0) is 7.05 Å². The minimum Gasteiger partial charge on any atom is -0.497 e. The van der Waals surface area contributed by atoms with E-state index in [4.69, 9.17) is 4.74 Å². The number of hydrogen-bond donors (Lipinski definition) is 0. The van der Waals surface area contributed by atoms with E-state index in [1.165, 1.54) is 16.7 Å². The van der Waals surface area contributed by atoms with E-state index in [9.17, 15) is 9.18 Å². The summed E-state index contributed by atoms with van der Waals surface area (Å²) in [5, 5.41) is 0.518. The lowest BCUT2D eigenvalue weighted by molar-refractivity contribution is 0.415. The summed E-state index contributed by atoms with van der Waals surface area (Å²) in [6, 6.07) is 11.0. The fourth-order valence-corrected chi connectivity index (χ4v) is 2.23. The van der Waals surface area contributed by atoms with Gasteiger partial charge in [0.25, 0.3) is 5.56 Å². The maximum absolute atomic E-state index is 13.0. The minimum atomic E-state index is -0.328. The Morgan fingerprint density at radius 3 is 2.52 bits per heavy atom. The summed E-state index contributed by atoms with van der Waals surface area (Å²) in [7, 11) is 3.21. The van der Waals surface area contributed by atoms with Gasteiger partial charge < -0.3 is 4.74 Å². The van der Waals surface area contributed by atoms with Crippen LogP contribution in [0.25, 0.3) is 22.3 Å². The number of methoxy groups -OCH3 is 1. The van der Waals surface area contributed by atoms with E-state index in [0.29, 0.717) is 28.0 Å². The van der Waals surface area contributed by atoms with Gasteiger partial charge in [0.1, 0.15) is 17.4 Å². The molecule has 5 heteroatoms. The van der Waals surface area contributed by atoms with Crippen molar-refractivity contribution in [3.63, 3.8) is 0 Å². The fourth-order valence-electron chi connectivity index (χ4n) is 2.23. The molecule has 3 rings (SSSR count). The van der Waals surface area contributed by atoms with Crippen LogP contribution in [0.2, 0.25) is 0 Å². The SMILES string of the molecule is COc1ccc2c(=O)n(C)c(-c3ccc(F)cc3)nc2c1. The first kappa shape index (κ1) is 13.3. The van der Waals surface area contributed by atoms with Crippen molar-refractivity contribution in [1.29, 1.82) is 0 Å². The van der Waals surface area contributed by atoms with E-state index in [1.54, 1.807) is 44.5 Å². The third kappa shape index (κ3) is 2.27. The third-order valence-corrected chi connectivity index (χ3v) is 3.39. The largest absolute Gasteiger partial charge is 0.497 e. The van der Waals surface area contributed by atoms with Crippen molar-refractivity contribution in [2.24, 2.45) is 7.05 Å². The van der Waals surface area contributed by atoms with Crippen molar-refractivity contribution in [1.82, 2.24) is 9.55 Å². The van der Waals surface area contributed by atoms with E-state index in [2.05, 4.69) is 4.98 Å². The maximum atomic E-state index is 13.0. The summed E-state index contributed by atoms with van der Waals surface area (Å²) in [4.78, 5) is 16.9. The van der Waals surface area contributed by atoms with Crippen molar-refractivity contribution < 1.29 is 9.13 Å². The highest BCUT2D eigenvalue weighted by atomic mass is 19.1. The summed E-state index contributed by atoms with van der Waals surface area (Å²) in [5.41, 5.74) is 1.08. The number of halogens is 1. The molecule has 21 heavy (non-hydrogen) atoms. The molecule has 0 spiro atoms. The van der Waals surface area contributed by atoms with Crippen LogP contribution in [0.3, 0.4) is 0 Å². The Morgan fingerprint density at radius 1 is 1.14 bits per heavy atom. The van der Waals surface area contributed by atoms with Gasteiger partial charge in [-0.15, -0.1) is 0 Å². The smallest absolute Gasteiger partial charge is 0.261 e. The molecule has 0 bridgehead atoms. The summed E-state index contributed by atoms with van der Waals surface area (Å²) in [5.74, 6) is 0.792. The Morgan fingerprint density at radius 2 is 1.86 bits per heavy atom. The van der Waals surface area contributed by atoms with Gasteiger partial charge in [0.05, 0.1) is 18.0 Å². The summed E-state index contributed by atoms with van der Waals surface area (Å²) < 4.78 is 19.6. The predicted octanol–water partition coefficient (Wildman–Crippen LogP) is 2.75. The summed E-state index contributed by atoms with van der Waals surface area (Å²) in [6.45, 7) is 0. The van der Waals surface area contributed by atoms with Crippen molar-refractivity contribution in [2.45, 2.75) is 0 Å². The van der Waals surface area contributed by atoms with Crippen LogP contribution in [-0.4, -0.2) is 16.7 Å². The predicted molar refractivity (Wildman–Crippen MR) is 78.9 cm³/mol. The molecular formula is C16H13FN2O2. The molecule has 0 aliphatic heterocycles. The van der Waals surface area contributed by atoms with Gasteiger partial charge in [-0.1, -0.05) is 0 Å². The van der Waals surface area contributed by atoms with E-state index < -0.39 is 0 Å². The van der Waals surface area contributed by atoms with Gasteiger partial charge in [0.2, 0.25) is 0 Å². The second-order valence-electron chi connectivity index (χ2n) is 4.69. The quantitative estimate of drug-likeness (QED) is 0.727. The zero-order chi connectivity index (χ0) is 15.0. The second kappa shape index (κ2) is 5.01. The van der Waals surface area contributed by atoms with Gasteiger partial charge in [-0.3, -0.25) is 9.36 Å². The molecule has 0 aliphatic rings. The molecule has 0 unspecified atom stereocenters. The van der Waals surface area contributed by atoms with Crippen LogP contribution < -0.4 is 10.3 Å². The monoisotopic (exact) mass is 284 g/mol. The highest BCUT2D eigenvalue weighted by molar-refractivity contribution is 5.81. The molecule has 106 valence electrons. The molecule has 3 aromatic rings. The highest BCUT2D eigenvalue weighted by Gasteiger charge is 2.10. The molecule has 2 aromatic carbocycles. The lowest BCUT2D eigenvalue weighted by Gasteiger charge is -2.10. The first-order valence-corrected chi connectivity index (χ1v) is 6.41. The normalized spacial score (nSPS) is 10.8. The number of benzene rings is 2. The Labute approximate surface area is 120 Å². The average Bonchev–Trinajstić information content (AvgIpc) is 2.51. The van der Waals surface area contributed by atoms with Gasteiger partial charge in [-0.2, -0.15) is 0 Å². The zero-order valence-corrected chi connectivity index (χ0v) is 11.6. The number of aromatic nitrogens is 2. The van der Waals surface area contributed by atoms with Crippen LogP contribution >= 0.6 is 0 Å². The highest BCUT2D eigenvalue weighted by Crippen LogP contribution is 2.21. The Hall–Kier alpha value is -2.69. The molecule has 1 aromatic heterocycles. The summed E-state index contributed by atoms with van der Waals surface area (Å²) >= 11 is 0. The average molecular weight is 284 g/mol. The lowest BCUT2D eigenvalue weighted by atomic mass is 10.1. The number of fused-ring (bicyclic) bond motifs is 1. The van der Waals surface area contributed by atoms with E-state index >= 15 is 0 Å². The van der Waals surface area contributed by atoms with Crippen LogP contribution in [0.4, 0.5) is 4.39 Å². The number of hydrogen-bond acceptors (Lipinski definition) is 3. The molecule has 1 heterocycles. The Kier molecular flexibility index (Phi) is 3.17. The fraction of sp³-hybridized carbons (Fsp3) is 0.125. The minimum absolute atomic E-state index is 0.151. The maximum Gasteiger partial charge on any atom is 0.261 e. The molecule has 0 aliphatic carbocycles. The van der Waals surface area contributed by atoms with Crippen LogP contribution in [0.1, 0.15) is 0 Å². The number of rotatable bonds is 2. The first-order valence-electron chi connectivity index (χ1n) is 6.41. The summed E-state index contributed by atoms with van der Waals surface area (Å²) in [6.07, 6.45) is 0. The van der Waals surface area contributed by atoms with Gasteiger partial charge in [0, 0.05) is 18.7 Å². The molecule has 4 nitrogen and oxygen atoms in total. The molecular weight excluding hydrogens is 271 g/mol. The molecule has 0 radical (unpaired) electrons. The van der Waals surface area contributed by atoms with Crippen LogP contribution in [0, 0.1) is 5.82 Å². The number of nitrogens with zero attached hydrogens (tertiary/aromatic N) is 2. The van der Waals surface area contributed by atoms with Gasteiger partial charge in [0.15, 0.2) is 0 Å². The van der Waals surface area contributed by atoms with Crippen molar-refractivity contribution >= 4 is 10.9 Å². The van der Waals surface area contributed by atoms with Gasteiger partial charge in [-0.05, 0) is 36.4 Å². The molecule has 0 fully saturated rings. The Bertz CT molecular complexity index is 870. The molecule has 0 N–H and O–H groups in total. The standard InChI is InChI=1S/C16H13FN2O2/c1-19-15(10-3-5-11(17)6-4-10)18-14-9-12(21-2)7-8-13(14)16(19)20/h3-9H,1-2H3. The molecule has 0 saturated heterocycles. The molecule has 0 amide bonds. The van der Waals surface area contributed by atoms with Crippen molar-refractivity contribution in [3.8, 4) is 17.1 Å².